The number of nitrogens with two attached hydrogens (primary N) is 2. The van der Waals surface area contributed by atoms with E-state index in [-0.39, 0.29) is 17.7 Å². The molecular formula is C36H51F4N3. The van der Waals surface area contributed by atoms with Gasteiger partial charge in [0.05, 0.1) is 5.56 Å². The summed E-state index contributed by atoms with van der Waals surface area (Å²) < 4.78 is 54.8. The van der Waals surface area contributed by atoms with Crippen LogP contribution in [-0.4, -0.2) is 17.5 Å². The minimum absolute atomic E-state index is 0.195. The monoisotopic (exact) mass is 601 g/mol. The zero-order chi connectivity index (χ0) is 31.1. The zero-order valence-electron chi connectivity index (χ0n) is 26.1. The summed E-state index contributed by atoms with van der Waals surface area (Å²) in [5.74, 6) is 1.89. The maximum Gasteiger partial charge on any atom is 0.416 e. The molecule has 3 aliphatic rings. The Kier molecular flexibility index (Phi) is 11.5. The molecule has 0 amide bonds. The van der Waals surface area contributed by atoms with Crippen LogP contribution in [0, 0.1) is 23.7 Å². The van der Waals surface area contributed by atoms with Crippen LogP contribution >= 0.6 is 0 Å². The van der Waals surface area contributed by atoms with Gasteiger partial charge < -0.3 is 16.4 Å². The van der Waals surface area contributed by atoms with Gasteiger partial charge in [0.25, 0.3) is 0 Å². The lowest BCUT2D eigenvalue weighted by molar-refractivity contribution is -0.137. The lowest BCUT2D eigenvalue weighted by Gasteiger charge is -2.40. The summed E-state index contributed by atoms with van der Waals surface area (Å²) in [6, 6.07) is 5.51. The van der Waals surface area contributed by atoms with Crippen molar-refractivity contribution >= 4 is 0 Å². The smallest absolute Gasteiger partial charge is 0.402 e. The van der Waals surface area contributed by atoms with E-state index in [1.54, 1.807) is 0 Å². The van der Waals surface area contributed by atoms with Gasteiger partial charge in [-0.3, -0.25) is 0 Å². The maximum atomic E-state index is 16.1. The number of hydrogen-bond donors (Lipinski definition) is 2. The fourth-order valence-corrected chi connectivity index (χ4v) is 6.55. The Morgan fingerprint density at radius 2 is 1.72 bits per heavy atom. The molecule has 238 valence electrons. The fourth-order valence-electron chi connectivity index (χ4n) is 6.55. The molecule has 3 aliphatic carbocycles. The van der Waals surface area contributed by atoms with Gasteiger partial charge in [-0.1, -0.05) is 43.7 Å². The second-order valence-electron chi connectivity index (χ2n) is 13.4. The summed E-state index contributed by atoms with van der Waals surface area (Å²) in [6.07, 6.45) is 12.0. The maximum absolute atomic E-state index is 16.1. The molecule has 1 aromatic rings. The molecular weight excluding hydrogens is 550 g/mol. The number of allylic oxidation sites excluding steroid dienone is 6. The van der Waals surface area contributed by atoms with Gasteiger partial charge in [0.15, 0.2) is 5.83 Å². The van der Waals surface area contributed by atoms with Crippen LogP contribution in [0.15, 0.2) is 71.5 Å². The van der Waals surface area contributed by atoms with E-state index < -0.39 is 11.7 Å². The topological polar surface area (TPSA) is 55.3 Å². The third-order valence-electron chi connectivity index (χ3n) is 9.97. The molecule has 0 radical (unpaired) electrons. The van der Waals surface area contributed by atoms with E-state index >= 15 is 4.39 Å². The van der Waals surface area contributed by atoms with E-state index in [1.807, 2.05) is 17.1 Å². The number of halogens is 4. The first kappa shape index (κ1) is 33.2. The molecule has 3 fully saturated rings. The first-order valence-electron chi connectivity index (χ1n) is 16.3. The molecule has 0 heterocycles. The fraction of sp³-hybridized carbons (Fsp3) is 0.611. The predicted octanol–water partition coefficient (Wildman–Crippen LogP) is 9.57. The van der Waals surface area contributed by atoms with Crippen LogP contribution in [0.25, 0.3) is 0 Å². The van der Waals surface area contributed by atoms with Crippen LogP contribution < -0.4 is 11.5 Å². The Labute approximate surface area is 256 Å². The van der Waals surface area contributed by atoms with Crippen LogP contribution in [0.2, 0.25) is 0 Å². The van der Waals surface area contributed by atoms with Crippen LogP contribution in [0.5, 0.6) is 0 Å². The van der Waals surface area contributed by atoms with Crippen LogP contribution in [0.3, 0.4) is 0 Å². The molecule has 2 unspecified atom stereocenters. The van der Waals surface area contributed by atoms with Crippen LogP contribution in [0.1, 0.15) is 102 Å². The van der Waals surface area contributed by atoms with Gasteiger partial charge in [-0.05, 0) is 130 Å². The number of alkyl halides is 3. The summed E-state index contributed by atoms with van der Waals surface area (Å²) in [5, 5.41) is 0. The highest BCUT2D eigenvalue weighted by Crippen LogP contribution is 2.45. The average Bonchev–Trinajstić information content (AvgIpc) is 3.75. The summed E-state index contributed by atoms with van der Waals surface area (Å²) in [6.45, 7) is 8.89. The molecule has 3 nitrogen and oxygen atoms in total. The van der Waals surface area contributed by atoms with E-state index in [2.05, 4.69) is 20.4 Å². The van der Waals surface area contributed by atoms with Crippen molar-refractivity contribution in [1.29, 1.82) is 0 Å². The van der Waals surface area contributed by atoms with Crippen molar-refractivity contribution in [1.82, 2.24) is 4.90 Å². The van der Waals surface area contributed by atoms with Crippen molar-refractivity contribution in [3.63, 3.8) is 0 Å². The van der Waals surface area contributed by atoms with Gasteiger partial charge in [0.2, 0.25) is 0 Å². The molecule has 0 aromatic heterocycles. The van der Waals surface area contributed by atoms with E-state index in [1.165, 1.54) is 49.8 Å². The Hall–Kier alpha value is -2.70. The number of hydrogen-bond acceptors (Lipinski definition) is 3. The first-order chi connectivity index (χ1) is 20.5. The second kappa shape index (κ2) is 14.9. The molecule has 4 rings (SSSR count). The Balaban J connectivity index is 1.35. The van der Waals surface area contributed by atoms with Gasteiger partial charge in [-0.15, -0.1) is 6.58 Å². The van der Waals surface area contributed by atoms with E-state index in [0.717, 1.165) is 55.5 Å². The second-order valence-corrected chi connectivity index (χ2v) is 13.4. The third-order valence-corrected chi connectivity index (χ3v) is 9.97. The Morgan fingerprint density at radius 3 is 2.28 bits per heavy atom. The van der Waals surface area contributed by atoms with E-state index in [4.69, 9.17) is 11.5 Å². The lowest BCUT2D eigenvalue weighted by atomic mass is 9.67. The highest BCUT2D eigenvalue weighted by Gasteiger charge is 2.35. The molecule has 1 aromatic carbocycles. The standard InChI is InChI=1S/C36H51F4N3/c1-4-5-6-10-29(21-25(3)24(2)20-27-22-30(23-27)34(41)28-11-7-12-28)33(37)35(42)43(32-17-18-32)19-8-9-26-13-15-31(16-14-26)36(38,39)40/h4,10,13-16,24-25,27,30,32H,1,5-9,11-12,17-23,41-42H2,2-3H3/b29-10-,35-33-. The Morgan fingerprint density at radius 1 is 1.05 bits per heavy atom. The van der Waals surface area contributed by atoms with Crippen LogP contribution in [-0.2, 0) is 12.6 Å². The van der Waals surface area contributed by atoms with E-state index in [9.17, 15) is 13.2 Å². The first-order valence-corrected chi connectivity index (χ1v) is 16.3. The summed E-state index contributed by atoms with van der Waals surface area (Å²) >= 11 is 0. The SMILES string of the molecule is C=CCC/C=C(CC(C)C(C)CC1CC(C(N)=C2CCC2)C1)\C(F)=C(/N)N(CCCc1ccc(C(F)(F)F)cc1)C1CC1. The highest BCUT2D eigenvalue weighted by atomic mass is 19.4. The largest absolute Gasteiger partial charge is 0.416 e. The zero-order valence-corrected chi connectivity index (χ0v) is 26.1. The lowest BCUT2D eigenvalue weighted by Crippen LogP contribution is -2.33. The average molecular weight is 602 g/mol. The van der Waals surface area contributed by atoms with Crippen molar-refractivity contribution in [3.05, 3.63) is 82.6 Å². The van der Waals surface area contributed by atoms with E-state index in [0.29, 0.717) is 55.1 Å². The van der Waals surface area contributed by atoms with Crippen molar-refractivity contribution in [2.45, 2.75) is 110 Å². The quantitative estimate of drug-likeness (QED) is 0.0859. The van der Waals surface area contributed by atoms with Crippen molar-refractivity contribution in [3.8, 4) is 0 Å². The third kappa shape index (κ3) is 9.15. The minimum atomic E-state index is -4.34. The number of rotatable bonds is 16. The summed E-state index contributed by atoms with van der Waals surface area (Å²) in [7, 11) is 0. The number of aryl methyl sites for hydroxylation is 1. The summed E-state index contributed by atoms with van der Waals surface area (Å²) in [5.41, 5.74) is 16.5. The molecule has 3 saturated carbocycles. The van der Waals surface area contributed by atoms with Gasteiger partial charge in [-0.25, -0.2) is 4.39 Å². The number of benzene rings is 1. The molecule has 43 heavy (non-hydrogen) atoms. The molecule has 0 bridgehead atoms. The highest BCUT2D eigenvalue weighted by molar-refractivity contribution is 5.30. The van der Waals surface area contributed by atoms with Crippen molar-refractivity contribution < 1.29 is 17.6 Å². The Bertz CT molecular complexity index is 1160. The van der Waals surface area contributed by atoms with Gasteiger partial charge in [0, 0.05) is 18.3 Å². The molecule has 4 N–H and O–H groups in total. The molecule has 0 spiro atoms. The van der Waals surface area contributed by atoms with Crippen LogP contribution in [0.4, 0.5) is 17.6 Å². The van der Waals surface area contributed by atoms with Gasteiger partial charge in [-0.2, -0.15) is 13.2 Å². The number of unbranched alkanes of at least 4 members (excludes halogenated alkanes) is 1. The van der Waals surface area contributed by atoms with Gasteiger partial charge >= 0.3 is 6.18 Å². The molecule has 2 atom stereocenters. The predicted molar refractivity (Wildman–Crippen MR) is 168 cm³/mol. The molecule has 0 aliphatic heterocycles. The normalized spacial score (nSPS) is 22.7. The van der Waals surface area contributed by atoms with Crippen molar-refractivity contribution in [2.75, 3.05) is 6.54 Å². The molecule has 0 saturated heterocycles. The molecule has 7 heteroatoms. The summed E-state index contributed by atoms with van der Waals surface area (Å²) in [4.78, 5) is 1.98. The van der Waals surface area contributed by atoms with Gasteiger partial charge in [0.1, 0.15) is 5.82 Å². The number of nitrogens with zero attached hydrogens (tertiary/aromatic N) is 1. The van der Waals surface area contributed by atoms with Crippen molar-refractivity contribution in [2.24, 2.45) is 35.1 Å². The minimum Gasteiger partial charge on any atom is -0.402 e.